The maximum Gasteiger partial charge on any atom is 0.219 e. The van der Waals surface area contributed by atoms with Crippen molar-refractivity contribution in [3.8, 4) is 0 Å². The largest absolute Gasteiger partial charge is 0.245 e. The van der Waals surface area contributed by atoms with E-state index in [1.54, 1.807) is 13.0 Å². The molecule has 1 aromatic heterocycles. The van der Waals surface area contributed by atoms with Crippen LogP contribution in [0.2, 0.25) is 0 Å². The van der Waals surface area contributed by atoms with E-state index in [0.717, 1.165) is 0 Å². The Labute approximate surface area is 77.3 Å². The molecule has 0 fully saturated rings. The van der Waals surface area contributed by atoms with Gasteiger partial charge in [-0.1, -0.05) is 0 Å². The van der Waals surface area contributed by atoms with Gasteiger partial charge in [0.2, 0.25) is 10.0 Å². The van der Waals surface area contributed by atoms with Crippen molar-refractivity contribution in [1.29, 1.82) is 0 Å². The molecule has 0 aliphatic carbocycles. The van der Waals surface area contributed by atoms with E-state index >= 15 is 0 Å². The van der Waals surface area contributed by atoms with E-state index in [9.17, 15) is 8.42 Å². The molecule has 0 spiro atoms. The fourth-order valence-electron chi connectivity index (χ4n) is 0.877. The molecule has 0 saturated heterocycles. The van der Waals surface area contributed by atoms with Crippen molar-refractivity contribution in [2.75, 3.05) is 7.05 Å². The van der Waals surface area contributed by atoms with Gasteiger partial charge in [0.05, 0.1) is 5.69 Å². The maximum absolute atomic E-state index is 11.3. The van der Waals surface area contributed by atoms with Gasteiger partial charge in [-0.25, -0.2) is 23.1 Å². The maximum atomic E-state index is 11.3. The lowest BCUT2D eigenvalue weighted by molar-refractivity contribution is 0.576. The molecule has 0 aliphatic heterocycles. The van der Waals surface area contributed by atoms with Crippen molar-refractivity contribution in [2.24, 2.45) is 0 Å². The number of nitrogens with one attached hydrogen (secondary N) is 1. The van der Waals surface area contributed by atoms with Gasteiger partial charge in [0.1, 0.15) is 11.6 Å². The van der Waals surface area contributed by atoms with E-state index in [2.05, 4.69) is 14.7 Å². The Bertz CT molecular complexity index is 363. The highest BCUT2D eigenvalue weighted by molar-refractivity contribution is 7.89. The second-order valence-corrected chi connectivity index (χ2v) is 4.73. The molecule has 1 atom stereocenters. The van der Waals surface area contributed by atoms with Crippen molar-refractivity contribution in [3.05, 3.63) is 24.3 Å². The van der Waals surface area contributed by atoms with Crippen LogP contribution in [0.1, 0.15) is 17.9 Å². The number of hydrogen-bond donors (Lipinski definition) is 1. The van der Waals surface area contributed by atoms with Crippen molar-refractivity contribution in [3.63, 3.8) is 0 Å². The highest BCUT2D eigenvalue weighted by Gasteiger charge is 2.21. The quantitative estimate of drug-likeness (QED) is 0.752. The SMILES string of the molecule is CNS(=O)(=O)C(C)c1ccncn1. The summed E-state index contributed by atoms with van der Waals surface area (Å²) in [5.74, 6) is 0. The van der Waals surface area contributed by atoms with E-state index < -0.39 is 15.3 Å². The molecule has 1 rings (SSSR count). The van der Waals surface area contributed by atoms with Crippen LogP contribution < -0.4 is 4.72 Å². The first-order valence-electron chi connectivity index (χ1n) is 3.76. The molecule has 0 aromatic carbocycles. The Kier molecular flexibility index (Phi) is 2.94. The summed E-state index contributed by atoms with van der Waals surface area (Å²) in [5.41, 5.74) is 0.490. The molecule has 0 saturated carbocycles. The van der Waals surface area contributed by atoms with Gasteiger partial charge in [0, 0.05) is 6.20 Å². The van der Waals surface area contributed by atoms with Crippen LogP contribution in [0.3, 0.4) is 0 Å². The summed E-state index contributed by atoms with van der Waals surface area (Å²) in [6, 6.07) is 1.58. The average Bonchev–Trinajstić information content (AvgIpc) is 2.18. The van der Waals surface area contributed by atoms with Crippen molar-refractivity contribution in [2.45, 2.75) is 12.2 Å². The molecule has 6 heteroatoms. The number of rotatable bonds is 3. The Balaban J connectivity index is 2.99. The minimum atomic E-state index is -3.29. The molecular formula is C7H11N3O2S. The zero-order valence-corrected chi connectivity index (χ0v) is 8.25. The van der Waals surface area contributed by atoms with Gasteiger partial charge in [-0.05, 0) is 20.0 Å². The van der Waals surface area contributed by atoms with Crippen molar-refractivity contribution >= 4 is 10.0 Å². The normalized spacial score (nSPS) is 14.0. The van der Waals surface area contributed by atoms with Crippen LogP contribution in [0.5, 0.6) is 0 Å². The van der Waals surface area contributed by atoms with Gasteiger partial charge in [-0.2, -0.15) is 0 Å². The second kappa shape index (κ2) is 3.80. The van der Waals surface area contributed by atoms with Gasteiger partial charge >= 0.3 is 0 Å². The Hall–Kier alpha value is -1.01. The predicted molar refractivity (Wildman–Crippen MR) is 48.4 cm³/mol. The monoisotopic (exact) mass is 201 g/mol. The van der Waals surface area contributed by atoms with E-state index in [1.807, 2.05) is 0 Å². The highest BCUT2D eigenvalue weighted by atomic mass is 32.2. The van der Waals surface area contributed by atoms with Gasteiger partial charge in [-0.3, -0.25) is 0 Å². The molecule has 13 heavy (non-hydrogen) atoms. The first kappa shape index (κ1) is 10.1. The molecule has 5 nitrogen and oxygen atoms in total. The van der Waals surface area contributed by atoms with Crippen LogP contribution >= 0.6 is 0 Å². The Morgan fingerprint density at radius 1 is 1.54 bits per heavy atom. The van der Waals surface area contributed by atoms with Gasteiger partial charge in [-0.15, -0.1) is 0 Å². The number of aromatic nitrogens is 2. The summed E-state index contributed by atoms with van der Waals surface area (Å²) >= 11 is 0. The smallest absolute Gasteiger partial charge is 0.219 e. The van der Waals surface area contributed by atoms with Crippen LogP contribution in [0, 0.1) is 0 Å². The molecule has 1 aromatic rings. The van der Waals surface area contributed by atoms with E-state index in [1.165, 1.54) is 19.6 Å². The van der Waals surface area contributed by atoms with Gasteiger partial charge in [0.25, 0.3) is 0 Å². The molecular weight excluding hydrogens is 190 g/mol. The molecule has 0 aliphatic rings. The summed E-state index contributed by atoms with van der Waals surface area (Å²) in [6.45, 7) is 1.58. The number of nitrogens with zero attached hydrogens (tertiary/aromatic N) is 2. The third-order valence-corrected chi connectivity index (χ3v) is 3.51. The predicted octanol–water partition coefficient (Wildman–Crippen LogP) is 0.0868. The molecule has 0 amide bonds. The standard InChI is InChI=1S/C7H11N3O2S/c1-6(13(11,12)8-2)7-3-4-9-5-10-7/h3-6,8H,1-2H3. The zero-order valence-electron chi connectivity index (χ0n) is 7.43. The lowest BCUT2D eigenvalue weighted by Crippen LogP contribution is -2.24. The van der Waals surface area contributed by atoms with Crippen LogP contribution in [0.15, 0.2) is 18.6 Å². The lowest BCUT2D eigenvalue weighted by atomic mass is 10.3. The summed E-state index contributed by atoms with van der Waals surface area (Å²) in [7, 11) is -1.91. The Morgan fingerprint density at radius 2 is 2.23 bits per heavy atom. The summed E-state index contributed by atoms with van der Waals surface area (Å²) in [6.07, 6.45) is 2.85. The molecule has 72 valence electrons. The lowest BCUT2D eigenvalue weighted by Gasteiger charge is -2.09. The minimum Gasteiger partial charge on any atom is -0.245 e. The molecule has 1 unspecified atom stereocenters. The summed E-state index contributed by atoms with van der Waals surface area (Å²) in [5, 5.41) is -0.652. The van der Waals surface area contributed by atoms with Crippen LogP contribution in [0.25, 0.3) is 0 Å². The number of sulfonamides is 1. The summed E-state index contributed by atoms with van der Waals surface area (Å²) in [4.78, 5) is 7.57. The third kappa shape index (κ3) is 2.22. The first-order chi connectivity index (χ1) is 6.08. The fourth-order valence-corrected chi connectivity index (χ4v) is 1.69. The van der Waals surface area contributed by atoms with E-state index in [-0.39, 0.29) is 0 Å². The fraction of sp³-hybridized carbons (Fsp3) is 0.429. The first-order valence-corrected chi connectivity index (χ1v) is 5.31. The molecule has 1 N–H and O–H groups in total. The molecule has 0 radical (unpaired) electrons. The Morgan fingerprint density at radius 3 is 2.69 bits per heavy atom. The summed E-state index contributed by atoms with van der Waals surface area (Å²) < 4.78 is 24.9. The highest BCUT2D eigenvalue weighted by Crippen LogP contribution is 2.16. The van der Waals surface area contributed by atoms with Crippen molar-refractivity contribution < 1.29 is 8.42 Å². The second-order valence-electron chi connectivity index (χ2n) is 2.53. The molecule has 1 heterocycles. The minimum absolute atomic E-state index is 0.490. The third-order valence-electron chi connectivity index (χ3n) is 1.77. The molecule has 0 bridgehead atoms. The van der Waals surface area contributed by atoms with Crippen LogP contribution in [0.4, 0.5) is 0 Å². The number of hydrogen-bond acceptors (Lipinski definition) is 4. The van der Waals surface area contributed by atoms with Gasteiger partial charge in [0.15, 0.2) is 0 Å². The van der Waals surface area contributed by atoms with Crippen molar-refractivity contribution in [1.82, 2.24) is 14.7 Å². The average molecular weight is 201 g/mol. The zero-order chi connectivity index (χ0) is 9.90. The topological polar surface area (TPSA) is 72.0 Å². The van der Waals surface area contributed by atoms with E-state index in [0.29, 0.717) is 5.69 Å². The van der Waals surface area contributed by atoms with E-state index in [4.69, 9.17) is 0 Å². The van der Waals surface area contributed by atoms with Crippen LogP contribution in [-0.2, 0) is 10.0 Å². The van der Waals surface area contributed by atoms with Crippen LogP contribution in [-0.4, -0.2) is 25.4 Å². The van der Waals surface area contributed by atoms with Gasteiger partial charge < -0.3 is 0 Å².